The van der Waals surface area contributed by atoms with Gasteiger partial charge in [0.15, 0.2) is 0 Å². The van der Waals surface area contributed by atoms with Gasteiger partial charge in [-0.15, -0.1) is 0 Å². The van der Waals surface area contributed by atoms with E-state index < -0.39 is 0 Å². The van der Waals surface area contributed by atoms with Crippen LogP contribution in [0.4, 0.5) is 23.0 Å². The Balaban J connectivity index is 1.91. The van der Waals surface area contributed by atoms with E-state index in [0.717, 1.165) is 22.9 Å². The van der Waals surface area contributed by atoms with E-state index in [4.69, 9.17) is 9.47 Å². The molecular formula is C22H26N4O2. The summed E-state index contributed by atoms with van der Waals surface area (Å²) in [6.45, 7) is 6.22. The van der Waals surface area contributed by atoms with Crippen molar-refractivity contribution in [3.63, 3.8) is 0 Å². The summed E-state index contributed by atoms with van der Waals surface area (Å²) in [5, 5.41) is 6.73. The predicted octanol–water partition coefficient (Wildman–Crippen LogP) is 5.41. The smallest absolute Gasteiger partial charge is 0.142 e. The monoisotopic (exact) mass is 378 g/mol. The highest BCUT2D eigenvalue weighted by Gasteiger charge is 2.10. The summed E-state index contributed by atoms with van der Waals surface area (Å²) in [5.41, 5.74) is 3.05. The lowest BCUT2D eigenvalue weighted by atomic mass is 10.0. The fourth-order valence-electron chi connectivity index (χ4n) is 3.00. The first-order valence-electron chi connectivity index (χ1n) is 9.21. The Morgan fingerprint density at radius 2 is 1.50 bits per heavy atom. The van der Waals surface area contributed by atoms with Crippen molar-refractivity contribution in [3.8, 4) is 11.5 Å². The molecule has 0 aliphatic heterocycles. The fourth-order valence-corrected chi connectivity index (χ4v) is 3.00. The molecule has 0 amide bonds. The van der Waals surface area contributed by atoms with Crippen LogP contribution in [0.15, 0.2) is 48.5 Å². The molecule has 146 valence electrons. The Kier molecular flexibility index (Phi) is 5.99. The molecule has 0 atom stereocenters. The highest BCUT2D eigenvalue weighted by atomic mass is 16.5. The van der Waals surface area contributed by atoms with Crippen LogP contribution in [0.1, 0.15) is 31.2 Å². The van der Waals surface area contributed by atoms with Crippen LogP contribution in [0.2, 0.25) is 0 Å². The largest absolute Gasteiger partial charge is 0.497 e. The van der Waals surface area contributed by atoms with Crippen molar-refractivity contribution in [2.45, 2.75) is 26.7 Å². The van der Waals surface area contributed by atoms with E-state index in [1.54, 1.807) is 14.2 Å². The molecule has 2 aromatic carbocycles. The molecule has 28 heavy (non-hydrogen) atoms. The Morgan fingerprint density at radius 1 is 0.821 bits per heavy atom. The van der Waals surface area contributed by atoms with E-state index in [1.807, 2.05) is 43.3 Å². The summed E-state index contributed by atoms with van der Waals surface area (Å²) in [4.78, 5) is 9.03. The first-order valence-corrected chi connectivity index (χ1v) is 9.21. The van der Waals surface area contributed by atoms with Crippen molar-refractivity contribution in [3.05, 3.63) is 59.9 Å². The Labute approximate surface area is 166 Å². The number of ether oxygens (including phenoxy) is 2. The van der Waals surface area contributed by atoms with E-state index in [-0.39, 0.29) is 0 Å². The van der Waals surface area contributed by atoms with Crippen LogP contribution in [0, 0.1) is 6.92 Å². The maximum Gasteiger partial charge on any atom is 0.142 e. The lowest BCUT2D eigenvalue weighted by Crippen LogP contribution is -2.04. The van der Waals surface area contributed by atoms with Gasteiger partial charge in [-0.05, 0) is 36.6 Å². The molecule has 0 bridgehead atoms. The number of nitrogens with one attached hydrogen (secondary N) is 2. The second-order valence-corrected chi connectivity index (χ2v) is 6.74. The van der Waals surface area contributed by atoms with Gasteiger partial charge in [-0.2, -0.15) is 0 Å². The third-order valence-electron chi connectivity index (χ3n) is 4.35. The van der Waals surface area contributed by atoms with Gasteiger partial charge in [-0.1, -0.05) is 32.0 Å². The fraction of sp³-hybridized carbons (Fsp3) is 0.273. The minimum absolute atomic E-state index is 0.408. The maximum atomic E-state index is 5.44. The zero-order valence-corrected chi connectivity index (χ0v) is 16.9. The standard InChI is InChI=1S/C22H26N4O2/c1-14(2)17-8-6-7-9-18(17)25-21-13-22(24-15(3)23-21)26-19-12-16(27-4)10-11-20(19)28-5/h6-14H,1-5H3,(H2,23,24,25,26). The first kappa shape index (κ1) is 19.5. The topological polar surface area (TPSA) is 68.3 Å². The number of anilines is 4. The van der Waals surface area contributed by atoms with Gasteiger partial charge in [0.1, 0.15) is 29.0 Å². The molecular weight excluding hydrogens is 352 g/mol. The first-order chi connectivity index (χ1) is 13.5. The molecule has 0 unspecified atom stereocenters. The Hall–Kier alpha value is -3.28. The SMILES string of the molecule is COc1ccc(OC)c(Nc2cc(Nc3ccccc3C(C)C)nc(C)n2)c1. The van der Waals surface area contributed by atoms with Gasteiger partial charge in [0.2, 0.25) is 0 Å². The van der Waals surface area contributed by atoms with Crippen LogP contribution in [-0.4, -0.2) is 24.2 Å². The third-order valence-corrected chi connectivity index (χ3v) is 4.35. The van der Waals surface area contributed by atoms with Gasteiger partial charge in [0.05, 0.1) is 19.9 Å². The lowest BCUT2D eigenvalue weighted by Gasteiger charge is -2.16. The highest BCUT2D eigenvalue weighted by Crippen LogP contribution is 2.32. The molecule has 0 saturated heterocycles. The second kappa shape index (κ2) is 8.61. The van der Waals surface area contributed by atoms with Crippen LogP contribution < -0.4 is 20.1 Å². The Morgan fingerprint density at radius 3 is 2.14 bits per heavy atom. The molecule has 0 fully saturated rings. The molecule has 6 heteroatoms. The molecule has 0 aliphatic carbocycles. The number of nitrogens with zero attached hydrogens (tertiary/aromatic N) is 2. The van der Waals surface area contributed by atoms with Crippen molar-refractivity contribution >= 4 is 23.0 Å². The minimum Gasteiger partial charge on any atom is -0.497 e. The van der Waals surface area contributed by atoms with Gasteiger partial charge in [-0.3, -0.25) is 0 Å². The number of hydrogen-bond donors (Lipinski definition) is 2. The van der Waals surface area contributed by atoms with E-state index in [9.17, 15) is 0 Å². The van der Waals surface area contributed by atoms with Gasteiger partial charge in [0.25, 0.3) is 0 Å². The molecule has 0 aliphatic rings. The van der Waals surface area contributed by atoms with Gasteiger partial charge in [0, 0.05) is 17.8 Å². The quantitative estimate of drug-likeness (QED) is 0.573. The summed E-state index contributed by atoms with van der Waals surface area (Å²) in [5.74, 6) is 3.91. The van der Waals surface area contributed by atoms with Crippen LogP contribution in [0.5, 0.6) is 11.5 Å². The number of para-hydroxylation sites is 1. The number of methoxy groups -OCH3 is 2. The molecule has 3 aromatic rings. The average Bonchev–Trinajstić information content (AvgIpc) is 2.67. The molecule has 1 heterocycles. The lowest BCUT2D eigenvalue weighted by molar-refractivity contribution is 0.405. The number of aromatic nitrogens is 2. The zero-order valence-electron chi connectivity index (χ0n) is 16.9. The summed E-state index contributed by atoms with van der Waals surface area (Å²) in [7, 11) is 3.27. The van der Waals surface area contributed by atoms with Gasteiger partial charge in [-0.25, -0.2) is 9.97 Å². The van der Waals surface area contributed by atoms with Crippen molar-refractivity contribution in [1.82, 2.24) is 9.97 Å². The molecule has 1 aromatic heterocycles. The summed E-state index contributed by atoms with van der Waals surface area (Å²) >= 11 is 0. The van der Waals surface area contributed by atoms with Crippen molar-refractivity contribution in [2.75, 3.05) is 24.9 Å². The van der Waals surface area contributed by atoms with E-state index in [1.165, 1.54) is 5.56 Å². The molecule has 3 rings (SSSR count). The highest BCUT2D eigenvalue weighted by molar-refractivity contribution is 5.69. The summed E-state index contributed by atoms with van der Waals surface area (Å²) in [6.07, 6.45) is 0. The number of aryl methyl sites for hydroxylation is 1. The average molecular weight is 378 g/mol. The maximum absolute atomic E-state index is 5.44. The molecule has 6 nitrogen and oxygen atoms in total. The van der Waals surface area contributed by atoms with E-state index >= 15 is 0 Å². The van der Waals surface area contributed by atoms with Crippen molar-refractivity contribution < 1.29 is 9.47 Å². The Bertz CT molecular complexity index is 957. The minimum atomic E-state index is 0.408. The molecule has 0 spiro atoms. The summed E-state index contributed by atoms with van der Waals surface area (Å²) < 4.78 is 10.8. The van der Waals surface area contributed by atoms with E-state index in [2.05, 4.69) is 46.6 Å². The molecule has 0 saturated carbocycles. The molecule has 2 N–H and O–H groups in total. The van der Waals surface area contributed by atoms with Crippen LogP contribution in [0.3, 0.4) is 0 Å². The van der Waals surface area contributed by atoms with Crippen LogP contribution in [-0.2, 0) is 0 Å². The van der Waals surface area contributed by atoms with Crippen LogP contribution >= 0.6 is 0 Å². The van der Waals surface area contributed by atoms with Crippen molar-refractivity contribution in [1.29, 1.82) is 0 Å². The van der Waals surface area contributed by atoms with Gasteiger partial charge < -0.3 is 20.1 Å². The third kappa shape index (κ3) is 4.52. The number of hydrogen-bond acceptors (Lipinski definition) is 6. The van der Waals surface area contributed by atoms with Gasteiger partial charge >= 0.3 is 0 Å². The normalized spacial score (nSPS) is 10.6. The second-order valence-electron chi connectivity index (χ2n) is 6.74. The van der Waals surface area contributed by atoms with Crippen molar-refractivity contribution in [2.24, 2.45) is 0 Å². The number of benzene rings is 2. The molecule has 0 radical (unpaired) electrons. The van der Waals surface area contributed by atoms with E-state index in [0.29, 0.717) is 23.3 Å². The number of rotatable bonds is 7. The summed E-state index contributed by atoms with van der Waals surface area (Å²) in [6, 6.07) is 15.7. The van der Waals surface area contributed by atoms with Crippen LogP contribution in [0.25, 0.3) is 0 Å². The predicted molar refractivity (Wildman–Crippen MR) is 113 cm³/mol. The zero-order chi connectivity index (χ0) is 20.1.